The second-order valence-corrected chi connectivity index (χ2v) is 9.85. The summed E-state index contributed by atoms with van der Waals surface area (Å²) in [6.45, 7) is 2.81. The lowest BCUT2D eigenvalue weighted by Crippen LogP contribution is -2.44. The van der Waals surface area contributed by atoms with Gasteiger partial charge in [0.1, 0.15) is 11.4 Å². The highest BCUT2D eigenvalue weighted by Gasteiger charge is 2.49. The van der Waals surface area contributed by atoms with E-state index in [1.54, 1.807) is 22.6 Å². The largest absolute Gasteiger partial charge is 0.378 e. The Morgan fingerprint density at radius 2 is 2.06 bits per heavy atom. The smallest absolute Gasteiger partial charge is 0.256 e. The molecule has 8 nitrogen and oxygen atoms in total. The predicted octanol–water partition coefficient (Wildman–Crippen LogP) is 4.07. The van der Waals surface area contributed by atoms with Gasteiger partial charge in [-0.15, -0.1) is 0 Å². The summed E-state index contributed by atoms with van der Waals surface area (Å²) in [5.41, 5.74) is 2.61. The minimum atomic E-state index is -0.461. The maximum absolute atomic E-state index is 13.5. The lowest BCUT2D eigenvalue weighted by Gasteiger charge is -2.36. The molecule has 2 fully saturated rings. The molecule has 1 aromatic carbocycles. The van der Waals surface area contributed by atoms with Crippen molar-refractivity contribution < 1.29 is 18.7 Å². The number of fused-ring (bicyclic) bond motifs is 1. The summed E-state index contributed by atoms with van der Waals surface area (Å²) in [4.78, 5) is 32.7. The monoisotopic (exact) mass is 499 g/mol. The number of methoxy groups -OCH3 is 1. The Morgan fingerprint density at radius 3 is 2.77 bits per heavy atom. The molecule has 1 saturated carbocycles. The number of hydrogen-bond donors (Lipinski definition) is 1. The van der Waals surface area contributed by atoms with Crippen molar-refractivity contribution in [3.8, 4) is 0 Å². The Kier molecular flexibility index (Phi) is 6.23. The third-order valence-electron chi connectivity index (χ3n) is 7.23. The van der Waals surface area contributed by atoms with Gasteiger partial charge >= 0.3 is 0 Å². The fourth-order valence-electron chi connectivity index (χ4n) is 5.35. The number of halogens is 2. The molecule has 1 aliphatic carbocycles. The highest BCUT2D eigenvalue weighted by atomic mass is 35.5. The molecule has 2 aliphatic rings. The lowest BCUT2D eigenvalue weighted by atomic mass is 9.71. The molecule has 5 rings (SSSR count). The molecule has 2 aromatic heterocycles. The summed E-state index contributed by atoms with van der Waals surface area (Å²) >= 11 is 6.21. The third-order valence-corrected chi connectivity index (χ3v) is 7.53. The van der Waals surface area contributed by atoms with Crippen LogP contribution in [0.5, 0.6) is 0 Å². The molecule has 1 spiro atoms. The first-order valence-corrected chi connectivity index (χ1v) is 12.1. The van der Waals surface area contributed by atoms with E-state index in [0.717, 1.165) is 17.8 Å². The summed E-state index contributed by atoms with van der Waals surface area (Å²) in [5.74, 6) is -0.619. The van der Waals surface area contributed by atoms with Gasteiger partial charge < -0.3 is 15.0 Å². The van der Waals surface area contributed by atoms with Crippen molar-refractivity contribution >= 4 is 34.7 Å². The molecule has 1 saturated heterocycles. The number of nitrogens with one attached hydrogen (secondary N) is 1. The van der Waals surface area contributed by atoms with E-state index >= 15 is 0 Å². The average Bonchev–Trinajstić information content (AvgIpc) is 3.38. The van der Waals surface area contributed by atoms with E-state index in [1.807, 2.05) is 13.0 Å². The molecule has 1 aliphatic heterocycles. The summed E-state index contributed by atoms with van der Waals surface area (Å²) in [6, 6.07) is 5.96. The number of carbonyl (C=O) groups is 2. The number of aryl methyl sites for hydroxylation is 1. The molecule has 0 atom stereocenters. The molecule has 1 N–H and O–H groups in total. The molecule has 3 aromatic rings. The minimum Gasteiger partial charge on any atom is -0.378 e. The standard InChI is InChI=1S/C25H27ClFN5O3/c1-15-11-18(14-35-2)29-22-19(13-28-32(15)22)23(33)30-17-5-7-25(8-6-17)9-10-31(24(25)34)21-4-3-16(27)12-20(21)26/h3-4,11-13,17H,5-10,14H2,1-2H3,(H,30,33). The van der Waals surface area contributed by atoms with Crippen LogP contribution in [0.1, 0.15) is 53.8 Å². The second kappa shape index (κ2) is 9.20. The van der Waals surface area contributed by atoms with Crippen molar-refractivity contribution in [3.63, 3.8) is 0 Å². The van der Waals surface area contributed by atoms with Crippen LogP contribution in [-0.2, 0) is 16.1 Å². The number of nitrogens with zero attached hydrogens (tertiary/aromatic N) is 4. The number of rotatable bonds is 5. The number of ether oxygens (including phenoxy) is 1. The van der Waals surface area contributed by atoms with Crippen molar-refractivity contribution in [2.45, 2.75) is 51.7 Å². The number of anilines is 1. The number of carbonyl (C=O) groups excluding carboxylic acids is 2. The average molecular weight is 500 g/mol. The predicted molar refractivity (Wildman–Crippen MR) is 129 cm³/mol. The van der Waals surface area contributed by atoms with Gasteiger partial charge in [-0.05, 0) is 63.3 Å². The van der Waals surface area contributed by atoms with Gasteiger partial charge in [0, 0.05) is 25.4 Å². The summed E-state index contributed by atoms with van der Waals surface area (Å²) < 4.78 is 20.3. The van der Waals surface area contributed by atoms with Crippen LogP contribution in [0.4, 0.5) is 10.1 Å². The Bertz CT molecular complexity index is 1300. The molecular weight excluding hydrogens is 473 g/mol. The molecule has 3 heterocycles. The van der Waals surface area contributed by atoms with E-state index in [4.69, 9.17) is 16.3 Å². The zero-order valence-corrected chi connectivity index (χ0v) is 20.4. The topological polar surface area (TPSA) is 88.8 Å². The maximum atomic E-state index is 13.5. The fraction of sp³-hybridized carbons (Fsp3) is 0.440. The molecule has 184 valence electrons. The van der Waals surface area contributed by atoms with Crippen LogP contribution in [0.15, 0.2) is 30.5 Å². The van der Waals surface area contributed by atoms with E-state index in [0.29, 0.717) is 55.7 Å². The van der Waals surface area contributed by atoms with Gasteiger partial charge in [-0.25, -0.2) is 13.9 Å². The molecule has 10 heteroatoms. The van der Waals surface area contributed by atoms with Crippen molar-refractivity contribution in [2.75, 3.05) is 18.6 Å². The molecule has 2 amide bonds. The van der Waals surface area contributed by atoms with Gasteiger partial charge in [0.2, 0.25) is 5.91 Å². The maximum Gasteiger partial charge on any atom is 0.256 e. The first-order valence-electron chi connectivity index (χ1n) is 11.7. The van der Waals surface area contributed by atoms with E-state index in [9.17, 15) is 14.0 Å². The van der Waals surface area contributed by atoms with Crippen LogP contribution in [0.3, 0.4) is 0 Å². The Labute approximate surface area is 207 Å². The molecule has 35 heavy (non-hydrogen) atoms. The van der Waals surface area contributed by atoms with Crippen LogP contribution in [0, 0.1) is 18.2 Å². The summed E-state index contributed by atoms with van der Waals surface area (Å²) in [7, 11) is 1.60. The number of amides is 2. The van der Waals surface area contributed by atoms with Gasteiger partial charge in [0.05, 0.1) is 34.6 Å². The van der Waals surface area contributed by atoms with Crippen molar-refractivity contribution in [1.82, 2.24) is 19.9 Å². The van der Waals surface area contributed by atoms with E-state index in [-0.39, 0.29) is 22.9 Å². The fourth-order valence-corrected chi connectivity index (χ4v) is 5.62. The van der Waals surface area contributed by atoms with Gasteiger partial charge in [-0.1, -0.05) is 11.6 Å². The molecule has 0 bridgehead atoms. The minimum absolute atomic E-state index is 0.0313. The highest BCUT2D eigenvalue weighted by Crippen LogP contribution is 2.47. The van der Waals surface area contributed by atoms with Gasteiger partial charge in [0.25, 0.3) is 5.91 Å². The molecular formula is C25H27ClFN5O3. The van der Waals surface area contributed by atoms with Gasteiger partial charge in [0.15, 0.2) is 5.65 Å². The Morgan fingerprint density at radius 1 is 1.29 bits per heavy atom. The van der Waals surface area contributed by atoms with Crippen LogP contribution < -0.4 is 10.2 Å². The SMILES string of the molecule is COCc1cc(C)n2ncc(C(=O)NC3CCC4(CC3)CCN(c3ccc(F)cc3Cl)C4=O)c2n1. The third kappa shape index (κ3) is 4.27. The van der Waals surface area contributed by atoms with Crippen molar-refractivity contribution in [2.24, 2.45) is 5.41 Å². The Hall–Kier alpha value is -3.04. The zero-order chi connectivity index (χ0) is 24.7. The number of aromatic nitrogens is 3. The van der Waals surface area contributed by atoms with E-state index in [2.05, 4.69) is 15.4 Å². The van der Waals surface area contributed by atoms with Crippen molar-refractivity contribution in [3.05, 3.63) is 58.3 Å². The number of hydrogen-bond acceptors (Lipinski definition) is 5. The van der Waals surface area contributed by atoms with E-state index in [1.165, 1.54) is 18.3 Å². The van der Waals surface area contributed by atoms with Crippen LogP contribution in [0.25, 0.3) is 5.65 Å². The summed E-state index contributed by atoms with van der Waals surface area (Å²) in [6.07, 6.45) is 5.01. The van der Waals surface area contributed by atoms with Crippen LogP contribution in [-0.4, -0.2) is 46.1 Å². The van der Waals surface area contributed by atoms with Crippen molar-refractivity contribution in [1.29, 1.82) is 0 Å². The quantitative estimate of drug-likeness (QED) is 0.571. The van der Waals surface area contributed by atoms with E-state index < -0.39 is 11.2 Å². The van der Waals surface area contributed by atoms with Gasteiger partial charge in [-0.3, -0.25) is 9.59 Å². The van der Waals surface area contributed by atoms with Crippen LogP contribution in [0.2, 0.25) is 5.02 Å². The normalized spacial score (nSPS) is 22.3. The van der Waals surface area contributed by atoms with Gasteiger partial charge in [-0.2, -0.15) is 5.10 Å². The highest BCUT2D eigenvalue weighted by molar-refractivity contribution is 6.34. The first kappa shape index (κ1) is 23.7. The van der Waals surface area contributed by atoms with Crippen LogP contribution >= 0.6 is 11.6 Å². The zero-order valence-electron chi connectivity index (χ0n) is 19.7. The summed E-state index contributed by atoms with van der Waals surface area (Å²) in [5, 5.41) is 7.67. The Balaban J connectivity index is 1.26. The number of benzene rings is 1. The first-order chi connectivity index (χ1) is 16.8. The lowest BCUT2D eigenvalue weighted by molar-refractivity contribution is -0.127. The molecule has 0 unspecified atom stereocenters. The molecule has 0 radical (unpaired) electrons. The second-order valence-electron chi connectivity index (χ2n) is 9.45.